The Hall–Kier alpha value is -2.17. The molecule has 1 N–H and O–H groups in total. The first-order chi connectivity index (χ1) is 9.90. The second kappa shape index (κ2) is 6.08. The number of halogens is 1. The van der Waals surface area contributed by atoms with Crippen LogP contribution in [0.3, 0.4) is 0 Å². The van der Waals surface area contributed by atoms with Crippen LogP contribution in [-0.4, -0.2) is 35.0 Å². The van der Waals surface area contributed by atoms with E-state index in [9.17, 15) is 19.1 Å². The monoisotopic (exact) mass is 291 g/mol. The molecule has 0 saturated carbocycles. The number of carbonyl (C=O) groups excluding carboxylic acids is 1. The Morgan fingerprint density at radius 3 is 2.62 bits per heavy atom. The van der Waals surface area contributed by atoms with Crippen LogP contribution in [0.25, 0.3) is 6.08 Å². The Kier molecular flexibility index (Phi) is 4.40. The Balaban J connectivity index is 2.03. The van der Waals surface area contributed by atoms with Crippen LogP contribution in [-0.2, 0) is 9.59 Å². The van der Waals surface area contributed by atoms with Gasteiger partial charge in [0, 0.05) is 19.2 Å². The van der Waals surface area contributed by atoms with E-state index in [-0.39, 0.29) is 18.3 Å². The minimum absolute atomic E-state index is 0.216. The SMILES string of the molecule is CC1(C(=O)O)CCCN(C(=O)C=Cc2ccc(F)cc2)C1. The zero-order valence-electron chi connectivity index (χ0n) is 11.9. The molecule has 112 valence electrons. The molecule has 1 amide bonds. The number of likely N-dealkylation sites (tertiary alicyclic amines) is 1. The van der Waals surface area contributed by atoms with E-state index in [1.807, 2.05) is 0 Å². The van der Waals surface area contributed by atoms with Crippen molar-refractivity contribution in [3.63, 3.8) is 0 Å². The molecule has 21 heavy (non-hydrogen) atoms. The molecule has 1 unspecified atom stereocenters. The van der Waals surface area contributed by atoms with Crippen molar-refractivity contribution >= 4 is 18.0 Å². The van der Waals surface area contributed by atoms with Crippen LogP contribution in [0.15, 0.2) is 30.3 Å². The van der Waals surface area contributed by atoms with E-state index in [2.05, 4.69) is 0 Å². The predicted molar refractivity (Wildman–Crippen MR) is 77.0 cm³/mol. The molecule has 0 radical (unpaired) electrons. The fourth-order valence-electron chi connectivity index (χ4n) is 2.45. The van der Waals surface area contributed by atoms with Crippen molar-refractivity contribution in [2.75, 3.05) is 13.1 Å². The van der Waals surface area contributed by atoms with E-state index in [0.717, 1.165) is 5.56 Å². The van der Waals surface area contributed by atoms with Crippen LogP contribution in [0.4, 0.5) is 4.39 Å². The highest BCUT2D eigenvalue weighted by Gasteiger charge is 2.38. The summed E-state index contributed by atoms with van der Waals surface area (Å²) >= 11 is 0. The summed E-state index contributed by atoms with van der Waals surface area (Å²) in [6.07, 6.45) is 4.27. The number of aliphatic carboxylic acids is 1. The molecule has 1 aromatic carbocycles. The molecule has 1 aromatic rings. The van der Waals surface area contributed by atoms with Gasteiger partial charge < -0.3 is 10.0 Å². The highest BCUT2D eigenvalue weighted by molar-refractivity contribution is 5.92. The maximum Gasteiger partial charge on any atom is 0.311 e. The van der Waals surface area contributed by atoms with Crippen molar-refractivity contribution in [2.45, 2.75) is 19.8 Å². The fraction of sp³-hybridized carbons (Fsp3) is 0.375. The molecule has 1 atom stereocenters. The quantitative estimate of drug-likeness (QED) is 0.871. The predicted octanol–water partition coefficient (Wildman–Crippen LogP) is 2.55. The molecule has 1 aliphatic heterocycles. The minimum atomic E-state index is -0.877. The van der Waals surface area contributed by atoms with E-state index >= 15 is 0 Å². The summed E-state index contributed by atoms with van der Waals surface area (Å²) in [5, 5.41) is 9.24. The Morgan fingerprint density at radius 2 is 2.00 bits per heavy atom. The average Bonchev–Trinajstić information content (AvgIpc) is 2.46. The first kappa shape index (κ1) is 15.2. The van der Waals surface area contributed by atoms with Crippen LogP contribution < -0.4 is 0 Å². The summed E-state index contributed by atoms with van der Waals surface area (Å²) in [5.41, 5.74) is -0.153. The lowest BCUT2D eigenvalue weighted by Gasteiger charge is -2.37. The first-order valence-electron chi connectivity index (χ1n) is 6.87. The molecule has 1 fully saturated rings. The number of nitrogens with zero attached hydrogens (tertiary/aromatic N) is 1. The largest absolute Gasteiger partial charge is 0.481 e. The van der Waals surface area contributed by atoms with Crippen LogP contribution in [0, 0.1) is 11.2 Å². The Bertz CT molecular complexity index is 567. The van der Waals surface area contributed by atoms with Crippen molar-refractivity contribution < 1.29 is 19.1 Å². The number of hydrogen-bond donors (Lipinski definition) is 1. The second-order valence-corrected chi connectivity index (χ2v) is 5.61. The summed E-state index contributed by atoms with van der Waals surface area (Å²) in [4.78, 5) is 24.9. The number of benzene rings is 1. The molecular formula is C16H18FNO3. The average molecular weight is 291 g/mol. The lowest BCUT2D eigenvalue weighted by Crippen LogP contribution is -2.47. The molecule has 1 aliphatic rings. The molecule has 0 bridgehead atoms. The van der Waals surface area contributed by atoms with E-state index < -0.39 is 11.4 Å². The zero-order chi connectivity index (χ0) is 15.5. The summed E-state index contributed by atoms with van der Waals surface area (Å²) in [5.74, 6) is -1.42. The van der Waals surface area contributed by atoms with Gasteiger partial charge in [0.05, 0.1) is 5.41 Å². The number of rotatable bonds is 3. The third-order valence-corrected chi connectivity index (χ3v) is 3.81. The molecule has 4 nitrogen and oxygen atoms in total. The normalized spacial score (nSPS) is 22.5. The lowest BCUT2D eigenvalue weighted by molar-refractivity contribution is -0.152. The van der Waals surface area contributed by atoms with Gasteiger partial charge in [-0.3, -0.25) is 9.59 Å². The zero-order valence-corrected chi connectivity index (χ0v) is 11.9. The number of carboxylic acid groups (broad SMARTS) is 1. The fourth-order valence-corrected chi connectivity index (χ4v) is 2.45. The molecule has 0 aromatic heterocycles. The molecule has 1 saturated heterocycles. The van der Waals surface area contributed by atoms with Gasteiger partial charge in [0.1, 0.15) is 5.82 Å². The Labute approximate surface area is 122 Å². The van der Waals surface area contributed by atoms with Gasteiger partial charge in [-0.25, -0.2) is 4.39 Å². The van der Waals surface area contributed by atoms with E-state index in [1.165, 1.54) is 18.2 Å². The van der Waals surface area contributed by atoms with Crippen molar-refractivity contribution in [1.29, 1.82) is 0 Å². The van der Waals surface area contributed by atoms with Gasteiger partial charge in [-0.15, -0.1) is 0 Å². The molecule has 5 heteroatoms. The van der Waals surface area contributed by atoms with Gasteiger partial charge >= 0.3 is 5.97 Å². The van der Waals surface area contributed by atoms with Gasteiger partial charge in [-0.1, -0.05) is 12.1 Å². The van der Waals surface area contributed by atoms with Crippen LogP contribution in [0.2, 0.25) is 0 Å². The number of amides is 1. The van der Waals surface area contributed by atoms with Gasteiger partial charge in [0.2, 0.25) is 5.91 Å². The maximum atomic E-state index is 12.8. The number of hydrogen-bond acceptors (Lipinski definition) is 2. The van der Waals surface area contributed by atoms with E-state index in [1.54, 1.807) is 30.0 Å². The van der Waals surface area contributed by atoms with Crippen LogP contribution in [0.5, 0.6) is 0 Å². The van der Waals surface area contributed by atoms with Crippen molar-refractivity contribution in [3.8, 4) is 0 Å². The summed E-state index contributed by atoms with van der Waals surface area (Å²) in [7, 11) is 0. The molecule has 2 rings (SSSR count). The minimum Gasteiger partial charge on any atom is -0.481 e. The second-order valence-electron chi connectivity index (χ2n) is 5.61. The molecular weight excluding hydrogens is 273 g/mol. The van der Waals surface area contributed by atoms with Gasteiger partial charge in [0.25, 0.3) is 0 Å². The van der Waals surface area contributed by atoms with Gasteiger partial charge in [-0.05, 0) is 43.5 Å². The van der Waals surface area contributed by atoms with Crippen LogP contribution >= 0.6 is 0 Å². The number of piperidine rings is 1. The van der Waals surface area contributed by atoms with Crippen molar-refractivity contribution in [3.05, 3.63) is 41.7 Å². The third kappa shape index (κ3) is 3.68. The maximum absolute atomic E-state index is 12.8. The first-order valence-corrected chi connectivity index (χ1v) is 6.87. The standard InChI is InChI=1S/C16H18FNO3/c1-16(15(20)21)9-2-10-18(11-16)14(19)8-5-12-3-6-13(17)7-4-12/h3-8H,2,9-11H2,1H3,(H,20,21). The van der Waals surface area contributed by atoms with E-state index in [4.69, 9.17) is 0 Å². The summed E-state index contributed by atoms with van der Waals surface area (Å²) in [6.45, 7) is 2.45. The topological polar surface area (TPSA) is 57.6 Å². The van der Waals surface area contributed by atoms with Crippen molar-refractivity contribution in [1.82, 2.24) is 4.90 Å². The number of carboxylic acids is 1. The summed E-state index contributed by atoms with van der Waals surface area (Å²) < 4.78 is 12.8. The smallest absolute Gasteiger partial charge is 0.311 e. The van der Waals surface area contributed by atoms with Crippen molar-refractivity contribution in [2.24, 2.45) is 5.41 Å². The van der Waals surface area contributed by atoms with Gasteiger partial charge in [-0.2, -0.15) is 0 Å². The lowest BCUT2D eigenvalue weighted by atomic mass is 9.82. The van der Waals surface area contributed by atoms with E-state index in [0.29, 0.717) is 19.4 Å². The molecule has 0 aliphatic carbocycles. The molecule has 0 spiro atoms. The highest BCUT2D eigenvalue weighted by atomic mass is 19.1. The van der Waals surface area contributed by atoms with Crippen LogP contribution in [0.1, 0.15) is 25.3 Å². The summed E-state index contributed by atoms with van der Waals surface area (Å²) in [6, 6.07) is 5.81. The third-order valence-electron chi connectivity index (χ3n) is 3.81. The number of carbonyl (C=O) groups is 2. The molecule has 1 heterocycles. The highest BCUT2D eigenvalue weighted by Crippen LogP contribution is 2.29. The Morgan fingerprint density at radius 1 is 1.33 bits per heavy atom. The van der Waals surface area contributed by atoms with Gasteiger partial charge in [0.15, 0.2) is 0 Å².